The van der Waals surface area contributed by atoms with Crippen LogP contribution in [0.15, 0.2) is 18.2 Å². The van der Waals surface area contributed by atoms with Gasteiger partial charge in [0.05, 0.1) is 7.11 Å². The van der Waals surface area contributed by atoms with Crippen molar-refractivity contribution in [2.24, 2.45) is 0 Å². The fourth-order valence-electron chi connectivity index (χ4n) is 2.37. The van der Waals surface area contributed by atoms with E-state index >= 15 is 0 Å². The van der Waals surface area contributed by atoms with Crippen molar-refractivity contribution in [3.05, 3.63) is 23.8 Å². The Labute approximate surface area is 138 Å². The smallest absolute Gasteiger partial charge is 0.278 e. The maximum absolute atomic E-state index is 11.6. The number of benzene rings is 1. The predicted octanol–water partition coefficient (Wildman–Crippen LogP) is 4.61. The SMILES string of the molecule is CCCCCCCCN(Cc1ccc(O)c(OC)c1)C(=O)S. The number of phenolic OH excluding ortho intramolecular Hbond substituents is 1. The van der Waals surface area contributed by atoms with Crippen LogP contribution < -0.4 is 4.74 Å². The molecule has 0 aliphatic rings. The van der Waals surface area contributed by atoms with Crippen molar-refractivity contribution < 1.29 is 14.6 Å². The largest absolute Gasteiger partial charge is 0.504 e. The number of rotatable bonds is 10. The van der Waals surface area contributed by atoms with Crippen LogP contribution in [0.2, 0.25) is 0 Å². The van der Waals surface area contributed by atoms with Crippen molar-refractivity contribution in [3.8, 4) is 11.5 Å². The highest BCUT2D eigenvalue weighted by Crippen LogP contribution is 2.27. The molecule has 0 aliphatic heterocycles. The average molecular weight is 325 g/mol. The summed E-state index contributed by atoms with van der Waals surface area (Å²) in [6.45, 7) is 3.39. The summed E-state index contributed by atoms with van der Waals surface area (Å²) < 4.78 is 5.09. The van der Waals surface area contributed by atoms with E-state index in [1.807, 2.05) is 0 Å². The number of ether oxygens (including phenoxy) is 1. The molecule has 5 heteroatoms. The lowest BCUT2D eigenvalue weighted by atomic mass is 10.1. The van der Waals surface area contributed by atoms with Gasteiger partial charge in [-0.2, -0.15) is 0 Å². The van der Waals surface area contributed by atoms with Gasteiger partial charge in [0.1, 0.15) is 0 Å². The monoisotopic (exact) mass is 325 g/mol. The van der Waals surface area contributed by atoms with Gasteiger partial charge in [-0.3, -0.25) is 4.79 Å². The third kappa shape index (κ3) is 6.60. The van der Waals surface area contributed by atoms with Gasteiger partial charge in [-0.15, -0.1) is 0 Å². The molecule has 0 unspecified atom stereocenters. The highest BCUT2D eigenvalue weighted by molar-refractivity contribution is 7.96. The highest BCUT2D eigenvalue weighted by atomic mass is 32.1. The van der Waals surface area contributed by atoms with Gasteiger partial charge in [0.25, 0.3) is 5.24 Å². The molecule has 0 saturated heterocycles. The average Bonchev–Trinajstić information content (AvgIpc) is 2.50. The number of methoxy groups -OCH3 is 1. The molecule has 1 amide bonds. The molecule has 22 heavy (non-hydrogen) atoms. The normalized spacial score (nSPS) is 10.5. The van der Waals surface area contributed by atoms with Crippen molar-refractivity contribution in [2.45, 2.75) is 52.0 Å². The molecule has 0 spiro atoms. The lowest BCUT2D eigenvalue weighted by Crippen LogP contribution is -2.26. The van der Waals surface area contributed by atoms with Crippen LogP contribution in [0.25, 0.3) is 0 Å². The second-order valence-electron chi connectivity index (χ2n) is 5.48. The van der Waals surface area contributed by atoms with Gasteiger partial charge >= 0.3 is 0 Å². The molecule has 0 saturated carbocycles. The lowest BCUT2D eigenvalue weighted by Gasteiger charge is -2.21. The summed E-state index contributed by atoms with van der Waals surface area (Å²) >= 11 is 3.96. The fourth-order valence-corrected chi connectivity index (χ4v) is 2.54. The summed E-state index contributed by atoms with van der Waals surface area (Å²) in [5, 5.41) is 9.38. The molecular weight excluding hydrogens is 298 g/mol. The Morgan fingerprint density at radius 1 is 1.23 bits per heavy atom. The van der Waals surface area contributed by atoms with E-state index in [1.165, 1.54) is 32.8 Å². The zero-order valence-corrected chi connectivity index (χ0v) is 14.4. The van der Waals surface area contributed by atoms with Gasteiger partial charge in [0.2, 0.25) is 0 Å². The number of carbonyl (C=O) groups excluding carboxylic acids is 1. The second-order valence-corrected chi connectivity index (χ2v) is 5.86. The Kier molecular flexibility index (Phi) is 8.82. The summed E-state index contributed by atoms with van der Waals surface area (Å²) in [7, 11) is 1.51. The first-order valence-electron chi connectivity index (χ1n) is 7.92. The number of thiol groups is 1. The van der Waals surface area contributed by atoms with E-state index in [9.17, 15) is 9.90 Å². The molecule has 0 bridgehead atoms. The molecule has 0 aromatic heterocycles. The van der Waals surface area contributed by atoms with Crippen LogP contribution in [0.5, 0.6) is 11.5 Å². The summed E-state index contributed by atoms with van der Waals surface area (Å²) in [5.41, 5.74) is 0.919. The van der Waals surface area contributed by atoms with Crippen molar-refractivity contribution in [1.82, 2.24) is 4.90 Å². The van der Waals surface area contributed by atoms with Crippen molar-refractivity contribution >= 4 is 17.9 Å². The minimum absolute atomic E-state index is 0.103. The Hall–Kier alpha value is -1.36. The molecule has 0 heterocycles. The van der Waals surface area contributed by atoms with Gasteiger partial charge in [-0.25, -0.2) is 0 Å². The van der Waals surface area contributed by atoms with Gasteiger partial charge in [0.15, 0.2) is 11.5 Å². The summed E-state index contributed by atoms with van der Waals surface area (Å²) in [4.78, 5) is 13.4. The number of hydrogen-bond acceptors (Lipinski definition) is 3. The minimum Gasteiger partial charge on any atom is -0.504 e. The van der Waals surface area contributed by atoms with Crippen LogP contribution in [0.3, 0.4) is 0 Å². The number of phenols is 1. The lowest BCUT2D eigenvalue weighted by molar-refractivity contribution is 0.219. The molecule has 124 valence electrons. The molecule has 1 aromatic rings. The number of amides is 1. The highest BCUT2D eigenvalue weighted by Gasteiger charge is 2.11. The Balaban J connectivity index is 2.48. The Morgan fingerprint density at radius 2 is 1.91 bits per heavy atom. The van der Waals surface area contributed by atoms with E-state index in [4.69, 9.17) is 4.74 Å². The number of nitrogens with zero attached hydrogens (tertiary/aromatic N) is 1. The third-order valence-electron chi connectivity index (χ3n) is 3.67. The third-order valence-corrected chi connectivity index (χ3v) is 3.95. The van der Waals surface area contributed by atoms with E-state index in [2.05, 4.69) is 19.6 Å². The molecule has 1 N–H and O–H groups in total. The summed E-state index contributed by atoms with van der Waals surface area (Å²) in [6.07, 6.45) is 7.13. The standard InChI is InChI=1S/C17H27NO3S/c1-3-4-5-6-7-8-11-18(17(20)22)13-14-9-10-15(19)16(12-14)21-2/h9-10,12,19H,3-8,11,13H2,1-2H3,(H,20,22). The first-order chi connectivity index (χ1) is 10.6. The Bertz CT molecular complexity index is 465. The van der Waals surface area contributed by atoms with E-state index < -0.39 is 0 Å². The van der Waals surface area contributed by atoms with Crippen LogP contribution >= 0.6 is 12.6 Å². The van der Waals surface area contributed by atoms with Crippen LogP contribution in [-0.2, 0) is 6.54 Å². The molecule has 0 radical (unpaired) electrons. The van der Waals surface area contributed by atoms with Crippen molar-refractivity contribution in [1.29, 1.82) is 0 Å². The van der Waals surface area contributed by atoms with E-state index in [1.54, 1.807) is 23.1 Å². The van der Waals surface area contributed by atoms with E-state index in [0.29, 0.717) is 18.8 Å². The zero-order chi connectivity index (χ0) is 16.4. The van der Waals surface area contributed by atoms with Crippen molar-refractivity contribution in [2.75, 3.05) is 13.7 Å². The second kappa shape index (κ2) is 10.4. The number of hydrogen-bond donors (Lipinski definition) is 2. The van der Waals surface area contributed by atoms with Gasteiger partial charge in [0, 0.05) is 13.1 Å². The molecule has 1 aromatic carbocycles. The molecular formula is C17H27NO3S. The summed E-state index contributed by atoms with van der Waals surface area (Å²) in [6, 6.07) is 5.13. The molecule has 0 aliphatic carbocycles. The number of carbonyl (C=O) groups is 1. The molecule has 1 rings (SSSR count). The molecule has 0 fully saturated rings. The van der Waals surface area contributed by atoms with E-state index in [-0.39, 0.29) is 11.0 Å². The molecule has 4 nitrogen and oxygen atoms in total. The number of unbranched alkanes of at least 4 members (excludes halogenated alkanes) is 5. The molecule has 0 atom stereocenters. The van der Waals surface area contributed by atoms with Gasteiger partial charge < -0.3 is 14.7 Å². The van der Waals surface area contributed by atoms with Crippen LogP contribution in [0, 0.1) is 0 Å². The first-order valence-corrected chi connectivity index (χ1v) is 8.37. The topological polar surface area (TPSA) is 49.8 Å². The maximum Gasteiger partial charge on any atom is 0.278 e. The Morgan fingerprint density at radius 3 is 2.55 bits per heavy atom. The van der Waals surface area contributed by atoms with Crippen molar-refractivity contribution in [3.63, 3.8) is 0 Å². The fraction of sp³-hybridized carbons (Fsp3) is 0.588. The van der Waals surface area contributed by atoms with Gasteiger partial charge in [-0.05, 0) is 24.1 Å². The van der Waals surface area contributed by atoms with E-state index in [0.717, 1.165) is 18.4 Å². The zero-order valence-electron chi connectivity index (χ0n) is 13.5. The number of aromatic hydroxyl groups is 1. The van der Waals surface area contributed by atoms with Gasteiger partial charge in [-0.1, -0.05) is 57.7 Å². The quantitative estimate of drug-likeness (QED) is 0.488. The van der Waals surface area contributed by atoms with Crippen LogP contribution in [-0.4, -0.2) is 28.9 Å². The summed E-state index contributed by atoms with van der Waals surface area (Å²) in [5.74, 6) is 0.523. The maximum atomic E-state index is 11.6. The van der Waals surface area contributed by atoms with Crippen LogP contribution in [0.4, 0.5) is 4.79 Å². The first kappa shape index (κ1) is 18.7. The minimum atomic E-state index is -0.222. The predicted molar refractivity (Wildman–Crippen MR) is 92.8 cm³/mol. The van der Waals surface area contributed by atoms with Crippen LogP contribution in [0.1, 0.15) is 51.0 Å².